The predicted octanol–water partition coefficient (Wildman–Crippen LogP) is 2.96. The molecule has 0 radical (unpaired) electrons. The van der Waals surface area contributed by atoms with Crippen molar-refractivity contribution in [1.82, 2.24) is 0 Å². The van der Waals surface area contributed by atoms with Crippen molar-refractivity contribution in [1.29, 1.82) is 5.26 Å². The van der Waals surface area contributed by atoms with Gasteiger partial charge >= 0.3 is 0 Å². The van der Waals surface area contributed by atoms with Crippen LogP contribution in [0, 0.1) is 25.2 Å². The van der Waals surface area contributed by atoms with E-state index in [1.165, 1.54) is 0 Å². The second kappa shape index (κ2) is 4.15. The van der Waals surface area contributed by atoms with E-state index >= 15 is 0 Å². The lowest BCUT2D eigenvalue weighted by molar-refractivity contribution is 0.242. The van der Waals surface area contributed by atoms with Crippen molar-refractivity contribution in [2.45, 2.75) is 33.8 Å². The first-order valence-electron chi connectivity index (χ1n) is 4.72. The first-order valence-corrected chi connectivity index (χ1v) is 4.72. The van der Waals surface area contributed by atoms with E-state index in [1.807, 2.05) is 39.8 Å². The summed E-state index contributed by atoms with van der Waals surface area (Å²) < 4.78 is 5.57. The molecule has 0 saturated carbocycles. The second-order valence-corrected chi connectivity index (χ2v) is 3.71. The van der Waals surface area contributed by atoms with Crippen LogP contribution in [0.1, 0.15) is 30.5 Å². The standard InChI is InChI=1S/C12H15NO/c1-8(2)14-11-5-9(3)12(7-13)10(4)6-11/h5-6,8H,1-4H3. The van der Waals surface area contributed by atoms with Gasteiger partial charge in [-0.2, -0.15) is 5.26 Å². The van der Waals surface area contributed by atoms with E-state index in [1.54, 1.807) is 0 Å². The highest BCUT2D eigenvalue weighted by Gasteiger charge is 2.05. The molecule has 0 aliphatic heterocycles. The fraction of sp³-hybridized carbons (Fsp3) is 0.417. The zero-order valence-electron chi connectivity index (χ0n) is 9.09. The number of hydrogen-bond donors (Lipinski definition) is 0. The van der Waals surface area contributed by atoms with Crippen molar-refractivity contribution in [2.75, 3.05) is 0 Å². The molecule has 1 aromatic rings. The van der Waals surface area contributed by atoms with Crippen molar-refractivity contribution in [2.24, 2.45) is 0 Å². The van der Waals surface area contributed by atoms with E-state index in [-0.39, 0.29) is 6.10 Å². The summed E-state index contributed by atoms with van der Waals surface area (Å²) >= 11 is 0. The second-order valence-electron chi connectivity index (χ2n) is 3.71. The Morgan fingerprint density at radius 3 is 2.07 bits per heavy atom. The van der Waals surface area contributed by atoms with Crippen LogP contribution in [0.3, 0.4) is 0 Å². The molecule has 1 aromatic carbocycles. The molecule has 0 bridgehead atoms. The Labute approximate surface area is 85.1 Å². The smallest absolute Gasteiger partial charge is 0.120 e. The Morgan fingerprint density at radius 2 is 1.71 bits per heavy atom. The highest BCUT2D eigenvalue weighted by Crippen LogP contribution is 2.21. The van der Waals surface area contributed by atoms with E-state index in [2.05, 4.69) is 6.07 Å². The van der Waals surface area contributed by atoms with Crippen LogP contribution < -0.4 is 4.74 Å². The SMILES string of the molecule is Cc1cc(OC(C)C)cc(C)c1C#N. The van der Waals surface area contributed by atoms with Gasteiger partial charge in [0.1, 0.15) is 5.75 Å². The first-order chi connectivity index (χ1) is 6.54. The van der Waals surface area contributed by atoms with Gasteiger partial charge in [-0.3, -0.25) is 0 Å². The third kappa shape index (κ3) is 2.26. The average molecular weight is 189 g/mol. The molecule has 2 heteroatoms. The third-order valence-electron chi connectivity index (χ3n) is 1.99. The van der Waals surface area contributed by atoms with Crippen molar-refractivity contribution in [3.63, 3.8) is 0 Å². The van der Waals surface area contributed by atoms with E-state index in [0.29, 0.717) is 0 Å². The van der Waals surface area contributed by atoms with Gasteiger partial charge in [0.25, 0.3) is 0 Å². The van der Waals surface area contributed by atoms with Gasteiger partial charge in [0.15, 0.2) is 0 Å². The minimum Gasteiger partial charge on any atom is -0.491 e. The molecule has 0 heterocycles. The maximum Gasteiger partial charge on any atom is 0.120 e. The number of rotatable bonds is 2. The molecule has 0 aliphatic rings. The minimum absolute atomic E-state index is 0.168. The van der Waals surface area contributed by atoms with Crippen molar-refractivity contribution >= 4 is 0 Å². The molecule has 0 amide bonds. The summed E-state index contributed by atoms with van der Waals surface area (Å²) in [5, 5.41) is 8.88. The monoisotopic (exact) mass is 189 g/mol. The van der Waals surface area contributed by atoms with Gasteiger partial charge in [-0.25, -0.2) is 0 Å². The molecule has 1 rings (SSSR count). The van der Waals surface area contributed by atoms with Crippen LogP contribution in [0.5, 0.6) is 5.75 Å². The number of nitriles is 1. The fourth-order valence-electron chi connectivity index (χ4n) is 1.44. The van der Waals surface area contributed by atoms with E-state index in [4.69, 9.17) is 10.00 Å². The van der Waals surface area contributed by atoms with Crippen LogP contribution in [0.15, 0.2) is 12.1 Å². The fourth-order valence-corrected chi connectivity index (χ4v) is 1.44. The van der Waals surface area contributed by atoms with E-state index in [0.717, 1.165) is 22.4 Å². The van der Waals surface area contributed by atoms with Gasteiger partial charge in [0, 0.05) is 0 Å². The number of ether oxygens (including phenoxy) is 1. The number of hydrogen-bond acceptors (Lipinski definition) is 2. The summed E-state index contributed by atoms with van der Waals surface area (Å²) in [6.07, 6.45) is 0.168. The predicted molar refractivity (Wildman–Crippen MR) is 56.4 cm³/mol. The highest BCUT2D eigenvalue weighted by molar-refractivity contribution is 5.47. The van der Waals surface area contributed by atoms with Crippen LogP contribution in [0.2, 0.25) is 0 Å². The van der Waals surface area contributed by atoms with Gasteiger partial charge < -0.3 is 4.74 Å². The topological polar surface area (TPSA) is 33.0 Å². The Morgan fingerprint density at radius 1 is 1.21 bits per heavy atom. The first kappa shape index (κ1) is 10.6. The Bertz CT molecular complexity index is 351. The summed E-state index contributed by atoms with van der Waals surface area (Å²) in [7, 11) is 0. The largest absolute Gasteiger partial charge is 0.491 e. The van der Waals surface area contributed by atoms with Crippen molar-refractivity contribution in [3.05, 3.63) is 28.8 Å². The number of benzene rings is 1. The van der Waals surface area contributed by atoms with Crippen LogP contribution in [-0.2, 0) is 0 Å². The lowest BCUT2D eigenvalue weighted by Gasteiger charge is -2.12. The highest BCUT2D eigenvalue weighted by atomic mass is 16.5. The molecule has 0 fully saturated rings. The van der Waals surface area contributed by atoms with Gasteiger partial charge in [-0.1, -0.05) is 0 Å². The molecule has 0 unspecified atom stereocenters. The van der Waals surface area contributed by atoms with Crippen LogP contribution >= 0.6 is 0 Å². The Balaban J connectivity index is 3.09. The maximum atomic E-state index is 8.88. The van der Waals surface area contributed by atoms with Crippen molar-refractivity contribution in [3.8, 4) is 11.8 Å². The molecule has 0 aliphatic carbocycles. The number of aryl methyl sites for hydroxylation is 2. The third-order valence-corrected chi connectivity index (χ3v) is 1.99. The van der Waals surface area contributed by atoms with Gasteiger partial charge in [0.05, 0.1) is 17.7 Å². The normalized spacial score (nSPS) is 10.0. The quantitative estimate of drug-likeness (QED) is 0.716. The molecule has 2 nitrogen and oxygen atoms in total. The summed E-state index contributed by atoms with van der Waals surface area (Å²) in [6.45, 7) is 7.84. The zero-order valence-corrected chi connectivity index (χ0v) is 9.09. The molecule has 0 N–H and O–H groups in total. The summed E-state index contributed by atoms with van der Waals surface area (Å²) in [5.41, 5.74) is 2.70. The molecular weight excluding hydrogens is 174 g/mol. The maximum absolute atomic E-state index is 8.88. The molecule has 0 saturated heterocycles. The summed E-state index contributed by atoms with van der Waals surface area (Å²) in [4.78, 5) is 0. The van der Waals surface area contributed by atoms with Crippen LogP contribution in [0.4, 0.5) is 0 Å². The zero-order chi connectivity index (χ0) is 10.7. The van der Waals surface area contributed by atoms with Crippen molar-refractivity contribution < 1.29 is 4.74 Å². The molecule has 0 spiro atoms. The Kier molecular flexibility index (Phi) is 3.14. The number of nitrogens with zero attached hydrogens (tertiary/aromatic N) is 1. The van der Waals surface area contributed by atoms with E-state index < -0.39 is 0 Å². The van der Waals surface area contributed by atoms with Gasteiger partial charge in [-0.05, 0) is 51.0 Å². The lowest BCUT2D eigenvalue weighted by Crippen LogP contribution is -2.06. The molecular formula is C12H15NO. The van der Waals surface area contributed by atoms with Gasteiger partial charge in [0.2, 0.25) is 0 Å². The summed E-state index contributed by atoms with van der Waals surface area (Å²) in [6, 6.07) is 6.01. The minimum atomic E-state index is 0.168. The van der Waals surface area contributed by atoms with Gasteiger partial charge in [-0.15, -0.1) is 0 Å². The lowest BCUT2D eigenvalue weighted by atomic mass is 10.0. The van der Waals surface area contributed by atoms with Crippen LogP contribution in [-0.4, -0.2) is 6.10 Å². The molecule has 0 atom stereocenters. The molecule has 14 heavy (non-hydrogen) atoms. The van der Waals surface area contributed by atoms with Crippen LogP contribution in [0.25, 0.3) is 0 Å². The Hall–Kier alpha value is -1.49. The van der Waals surface area contributed by atoms with E-state index in [9.17, 15) is 0 Å². The summed E-state index contributed by atoms with van der Waals surface area (Å²) in [5.74, 6) is 0.842. The molecule has 74 valence electrons. The molecule has 0 aromatic heterocycles. The average Bonchev–Trinajstić information content (AvgIpc) is 2.01.